The summed E-state index contributed by atoms with van der Waals surface area (Å²) in [7, 11) is 1.51. The summed E-state index contributed by atoms with van der Waals surface area (Å²) in [5.74, 6) is -0.381. The molecule has 0 fully saturated rings. The van der Waals surface area contributed by atoms with Crippen LogP contribution in [0.25, 0.3) is 10.9 Å². The number of aromatic nitrogens is 1. The Morgan fingerprint density at radius 3 is 2.82 bits per heavy atom. The van der Waals surface area contributed by atoms with Crippen molar-refractivity contribution in [2.45, 2.75) is 6.54 Å². The minimum Gasteiger partial charge on any atom is -0.497 e. The number of carboxylic acid groups (broad SMARTS) is 1. The van der Waals surface area contributed by atoms with E-state index in [1.165, 1.54) is 23.9 Å². The number of pyridine rings is 1. The molecule has 2 aromatic rings. The Hall–Kier alpha value is -2.30. The molecule has 2 rings (SSSR count). The third kappa shape index (κ3) is 2.13. The van der Waals surface area contributed by atoms with Gasteiger partial charge in [-0.25, -0.2) is 0 Å². The zero-order valence-electron chi connectivity index (χ0n) is 9.21. The van der Waals surface area contributed by atoms with Gasteiger partial charge in [-0.15, -0.1) is 0 Å². The lowest BCUT2D eigenvalue weighted by Gasteiger charge is -2.08. The van der Waals surface area contributed by atoms with Crippen LogP contribution in [0.4, 0.5) is 0 Å². The van der Waals surface area contributed by atoms with Crippen LogP contribution in [0.2, 0.25) is 0 Å². The lowest BCUT2D eigenvalue weighted by molar-refractivity contribution is -0.137. The van der Waals surface area contributed by atoms with Crippen LogP contribution >= 0.6 is 0 Å². The topological polar surface area (TPSA) is 68.5 Å². The predicted molar refractivity (Wildman–Crippen MR) is 62.4 cm³/mol. The standard InChI is InChI=1S/C12H11NO4/c1-17-8-2-3-10-9(6-8)11(14)4-5-13(10)7-12(15)16/h2-6H,7H2,1H3,(H,15,16). The summed E-state index contributed by atoms with van der Waals surface area (Å²) in [5, 5.41) is 9.22. The van der Waals surface area contributed by atoms with Gasteiger partial charge >= 0.3 is 5.97 Å². The van der Waals surface area contributed by atoms with E-state index in [0.717, 1.165) is 0 Å². The lowest BCUT2D eigenvalue weighted by atomic mass is 10.2. The Labute approximate surface area is 96.9 Å². The van der Waals surface area contributed by atoms with Crippen molar-refractivity contribution in [3.05, 3.63) is 40.7 Å². The quantitative estimate of drug-likeness (QED) is 0.861. The average molecular weight is 233 g/mol. The van der Waals surface area contributed by atoms with Gasteiger partial charge in [-0.3, -0.25) is 9.59 Å². The molecule has 0 aliphatic carbocycles. The highest BCUT2D eigenvalue weighted by Gasteiger charge is 2.06. The largest absolute Gasteiger partial charge is 0.497 e. The summed E-state index contributed by atoms with van der Waals surface area (Å²) in [6.07, 6.45) is 1.48. The monoisotopic (exact) mass is 233 g/mol. The first kappa shape index (κ1) is 11.2. The Morgan fingerprint density at radius 2 is 2.18 bits per heavy atom. The molecule has 1 aromatic carbocycles. The van der Waals surface area contributed by atoms with Gasteiger partial charge < -0.3 is 14.4 Å². The number of benzene rings is 1. The van der Waals surface area contributed by atoms with Crippen LogP contribution in [0.1, 0.15) is 0 Å². The van der Waals surface area contributed by atoms with Gasteiger partial charge in [-0.05, 0) is 18.2 Å². The highest BCUT2D eigenvalue weighted by Crippen LogP contribution is 2.17. The molecule has 1 heterocycles. The molecule has 0 atom stereocenters. The normalized spacial score (nSPS) is 10.4. The van der Waals surface area contributed by atoms with Crippen LogP contribution < -0.4 is 10.2 Å². The van der Waals surface area contributed by atoms with Gasteiger partial charge in [0.25, 0.3) is 0 Å². The SMILES string of the molecule is COc1ccc2c(c1)c(=O)ccn2CC(=O)O. The summed E-state index contributed by atoms with van der Waals surface area (Å²) >= 11 is 0. The van der Waals surface area contributed by atoms with E-state index >= 15 is 0 Å². The second-order valence-corrected chi connectivity index (χ2v) is 3.58. The maximum Gasteiger partial charge on any atom is 0.323 e. The first-order valence-electron chi connectivity index (χ1n) is 5.01. The maximum absolute atomic E-state index is 11.7. The van der Waals surface area contributed by atoms with E-state index in [2.05, 4.69) is 0 Å². The zero-order chi connectivity index (χ0) is 12.4. The van der Waals surface area contributed by atoms with Gasteiger partial charge in [-0.1, -0.05) is 0 Å². The Balaban J connectivity index is 2.69. The molecule has 5 nitrogen and oxygen atoms in total. The van der Waals surface area contributed by atoms with Crippen molar-refractivity contribution >= 4 is 16.9 Å². The molecule has 0 radical (unpaired) electrons. The fourth-order valence-electron chi connectivity index (χ4n) is 1.70. The number of ether oxygens (including phenoxy) is 1. The minimum atomic E-state index is -0.953. The predicted octanol–water partition coefficient (Wildman–Crippen LogP) is 1.09. The molecular formula is C12H11NO4. The highest BCUT2D eigenvalue weighted by atomic mass is 16.5. The van der Waals surface area contributed by atoms with Crippen molar-refractivity contribution in [3.63, 3.8) is 0 Å². The molecule has 0 spiro atoms. The summed E-state index contributed by atoms with van der Waals surface area (Å²) in [5.41, 5.74) is 0.432. The summed E-state index contributed by atoms with van der Waals surface area (Å²) in [6.45, 7) is -0.177. The smallest absolute Gasteiger partial charge is 0.323 e. The van der Waals surface area contributed by atoms with Gasteiger partial charge in [0.2, 0.25) is 0 Å². The van der Waals surface area contributed by atoms with Gasteiger partial charge in [-0.2, -0.15) is 0 Å². The fourth-order valence-corrected chi connectivity index (χ4v) is 1.70. The van der Waals surface area contributed by atoms with E-state index in [1.54, 1.807) is 18.2 Å². The van der Waals surface area contributed by atoms with Crippen LogP contribution in [-0.2, 0) is 11.3 Å². The van der Waals surface area contributed by atoms with E-state index in [4.69, 9.17) is 9.84 Å². The van der Waals surface area contributed by atoms with Gasteiger partial charge in [0.05, 0.1) is 12.6 Å². The number of methoxy groups -OCH3 is 1. The van der Waals surface area contributed by atoms with Gasteiger partial charge in [0.15, 0.2) is 5.43 Å². The number of nitrogens with zero attached hydrogens (tertiary/aromatic N) is 1. The van der Waals surface area contributed by atoms with E-state index in [1.807, 2.05) is 0 Å². The van der Waals surface area contributed by atoms with Crippen LogP contribution in [-0.4, -0.2) is 22.8 Å². The van der Waals surface area contributed by atoms with Crippen molar-refractivity contribution in [3.8, 4) is 5.75 Å². The molecule has 0 aliphatic heterocycles. The molecule has 1 N–H and O–H groups in total. The number of hydrogen-bond donors (Lipinski definition) is 1. The van der Waals surface area contributed by atoms with Crippen molar-refractivity contribution in [2.24, 2.45) is 0 Å². The van der Waals surface area contributed by atoms with Crippen LogP contribution in [0.3, 0.4) is 0 Å². The Morgan fingerprint density at radius 1 is 1.41 bits per heavy atom. The Kier molecular flexibility index (Phi) is 2.82. The second kappa shape index (κ2) is 4.29. The molecule has 0 saturated carbocycles. The number of aliphatic carboxylic acids is 1. The zero-order valence-corrected chi connectivity index (χ0v) is 9.21. The first-order chi connectivity index (χ1) is 8.11. The molecular weight excluding hydrogens is 222 g/mol. The number of carboxylic acids is 1. The minimum absolute atomic E-state index is 0.152. The average Bonchev–Trinajstić information content (AvgIpc) is 2.32. The molecule has 0 bridgehead atoms. The number of fused-ring (bicyclic) bond motifs is 1. The van der Waals surface area contributed by atoms with Crippen LogP contribution in [0, 0.1) is 0 Å². The van der Waals surface area contributed by atoms with E-state index in [-0.39, 0.29) is 12.0 Å². The fraction of sp³-hybridized carbons (Fsp3) is 0.167. The molecule has 0 unspecified atom stereocenters. The van der Waals surface area contributed by atoms with E-state index < -0.39 is 5.97 Å². The highest BCUT2D eigenvalue weighted by molar-refractivity contribution is 5.81. The molecule has 88 valence electrons. The molecule has 0 saturated heterocycles. The maximum atomic E-state index is 11.7. The Bertz CT molecular complexity index is 630. The van der Waals surface area contributed by atoms with Gasteiger partial charge in [0, 0.05) is 17.6 Å². The molecule has 1 aromatic heterocycles. The van der Waals surface area contributed by atoms with Gasteiger partial charge in [0.1, 0.15) is 12.3 Å². The number of carbonyl (C=O) groups is 1. The number of rotatable bonds is 3. The van der Waals surface area contributed by atoms with E-state index in [9.17, 15) is 9.59 Å². The first-order valence-corrected chi connectivity index (χ1v) is 5.01. The molecule has 0 amide bonds. The summed E-state index contributed by atoms with van der Waals surface area (Å²) < 4.78 is 6.55. The molecule has 17 heavy (non-hydrogen) atoms. The molecule has 5 heteroatoms. The van der Waals surface area contributed by atoms with Crippen molar-refractivity contribution in [1.29, 1.82) is 0 Å². The third-order valence-electron chi connectivity index (χ3n) is 2.49. The summed E-state index contributed by atoms with van der Waals surface area (Å²) in [6, 6.07) is 6.33. The third-order valence-corrected chi connectivity index (χ3v) is 2.49. The van der Waals surface area contributed by atoms with Crippen molar-refractivity contribution in [1.82, 2.24) is 4.57 Å². The van der Waals surface area contributed by atoms with E-state index in [0.29, 0.717) is 16.7 Å². The van der Waals surface area contributed by atoms with Crippen molar-refractivity contribution in [2.75, 3.05) is 7.11 Å². The number of hydrogen-bond acceptors (Lipinski definition) is 3. The van der Waals surface area contributed by atoms with Crippen LogP contribution in [0.15, 0.2) is 35.3 Å². The lowest BCUT2D eigenvalue weighted by Crippen LogP contribution is -2.13. The second-order valence-electron chi connectivity index (χ2n) is 3.58. The summed E-state index contributed by atoms with van der Waals surface area (Å²) in [4.78, 5) is 22.4. The molecule has 0 aliphatic rings. The van der Waals surface area contributed by atoms with Crippen molar-refractivity contribution < 1.29 is 14.6 Å². The van der Waals surface area contributed by atoms with Crippen LogP contribution in [0.5, 0.6) is 5.75 Å².